The second kappa shape index (κ2) is 7.73. The summed E-state index contributed by atoms with van der Waals surface area (Å²) < 4.78 is 1.40. The monoisotopic (exact) mass is 380 g/mol. The predicted octanol–water partition coefficient (Wildman–Crippen LogP) is 0.141. The van der Waals surface area contributed by atoms with Crippen LogP contribution in [0.25, 0.3) is 10.9 Å². The molecule has 1 saturated heterocycles. The van der Waals surface area contributed by atoms with E-state index in [2.05, 4.69) is 19.9 Å². The van der Waals surface area contributed by atoms with Crippen molar-refractivity contribution in [3.63, 3.8) is 0 Å². The molecule has 9 heteroatoms. The highest BCUT2D eigenvalue weighted by Crippen LogP contribution is 2.21. The summed E-state index contributed by atoms with van der Waals surface area (Å²) in [5.41, 5.74) is 1.77. The average Bonchev–Trinajstić information content (AvgIpc) is 2.76. The van der Waals surface area contributed by atoms with Crippen molar-refractivity contribution in [2.24, 2.45) is 0 Å². The van der Waals surface area contributed by atoms with Crippen LogP contribution < -0.4 is 10.5 Å². The number of fused-ring (bicyclic) bond motifs is 1. The van der Waals surface area contributed by atoms with Gasteiger partial charge >= 0.3 is 0 Å². The fourth-order valence-electron chi connectivity index (χ4n) is 3.35. The Hall–Kier alpha value is -3.33. The smallest absolute Gasteiger partial charge is 0.274 e. The molecule has 0 atom stereocenters. The lowest BCUT2D eigenvalue weighted by atomic mass is 10.2. The van der Waals surface area contributed by atoms with Crippen LogP contribution in [0.2, 0.25) is 0 Å². The molecule has 1 fully saturated rings. The highest BCUT2D eigenvalue weighted by molar-refractivity contribution is 5.92. The van der Waals surface area contributed by atoms with Gasteiger partial charge in [-0.25, -0.2) is 9.97 Å². The van der Waals surface area contributed by atoms with Gasteiger partial charge in [0.25, 0.3) is 11.5 Å². The van der Waals surface area contributed by atoms with E-state index in [0.717, 1.165) is 5.69 Å². The second-order valence-corrected chi connectivity index (χ2v) is 6.54. The van der Waals surface area contributed by atoms with Crippen LogP contribution in [0.3, 0.4) is 0 Å². The quantitative estimate of drug-likeness (QED) is 0.686. The van der Waals surface area contributed by atoms with Crippen molar-refractivity contribution in [3.8, 4) is 0 Å². The molecule has 0 radical (unpaired) electrons. The first kappa shape index (κ1) is 18.1. The molecule has 0 unspecified atom stereocenters. The Morgan fingerprint density at radius 2 is 1.93 bits per heavy atom. The third-order valence-electron chi connectivity index (χ3n) is 4.86. The second-order valence-electron chi connectivity index (χ2n) is 6.54. The largest absolute Gasteiger partial charge is 0.395 e. The van der Waals surface area contributed by atoms with Crippen molar-refractivity contribution in [1.82, 2.24) is 24.4 Å². The van der Waals surface area contributed by atoms with Crippen molar-refractivity contribution < 1.29 is 9.90 Å². The molecule has 1 aliphatic rings. The first-order valence-corrected chi connectivity index (χ1v) is 9.07. The lowest BCUT2D eigenvalue weighted by Crippen LogP contribution is -2.49. The van der Waals surface area contributed by atoms with Crippen molar-refractivity contribution in [3.05, 3.63) is 59.2 Å². The minimum Gasteiger partial charge on any atom is -0.395 e. The maximum absolute atomic E-state index is 12.5. The van der Waals surface area contributed by atoms with E-state index in [9.17, 15) is 9.59 Å². The van der Waals surface area contributed by atoms with Gasteiger partial charge in [0.1, 0.15) is 5.69 Å². The zero-order valence-corrected chi connectivity index (χ0v) is 15.2. The van der Waals surface area contributed by atoms with Gasteiger partial charge in [-0.15, -0.1) is 0 Å². The maximum atomic E-state index is 12.5. The van der Waals surface area contributed by atoms with Crippen LogP contribution >= 0.6 is 0 Å². The number of aliphatic hydroxyl groups excluding tert-OH is 1. The Balaban J connectivity index is 1.49. The maximum Gasteiger partial charge on any atom is 0.274 e. The lowest BCUT2D eigenvalue weighted by Gasteiger charge is -2.36. The summed E-state index contributed by atoms with van der Waals surface area (Å²) in [5.74, 6) is -0.114. The Labute approximate surface area is 160 Å². The van der Waals surface area contributed by atoms with Gasteiger partial charge in [0.15, 0.2) is 0 Å². The molecule has 1 amide bonds. The number of hydrogen-bond donors (Lipinski definition) is 1. The molecule has 28 heavy (non-hydrogen) atoms. The topological polar surface area (TPSA) is 104 Å². The number of piperazine rings is 1. The molecule has 144 valence electrons. The Kier molecular flexibility index (Phi) is 4.98. The number of carbonyl (C=O) groups is 1. The standard InChI is InChI=1S/C19H20N6O3/c26-10-9-25-13-22-16-11-14(1-2-15(16)18(25)27)23-5-7-24(8-6-23)19(28)17-12-20-3-4-21-17/h1-4,11-13,26H,5-10H2. The summed E-state index contributed by atoms with van der Waals surface area (Å²) in [6.45, 7) is 2.64. The van der Waals surface area contributed by atoms with E-state index >= 15 is 0 Å². The van der Waals surface area contributed by atoms with Crippen LogP contribution in [0.1, 0.15) is 10.5 Å². The third kappa shape index (κ3) is 3.44. The highest BCUT2D eigenvalue weighted by Gasteiger charge is 2.23. The van der Waals surface area contributed by atoms with Gasteiger partial charge in [0.2, 0.25) is 0 Å². The van der Waals surface area contributed by atoms with Crippen LogP contribution in [0.5, 0.6) is 0 Å². The summed E-state index contributed by atoms with van der Waals surface area (Å²) in [6.07, 6.45) is 6.00. The molecule has 4 rings (SSSR count). The molecular weight excluding hydrogens is 360 g/mol. The molecule has 9 nitrogen and oxygen atoms in total. The van der Waals surface area contributed by atoms with Crippen LogP contribution in [0, 0.1) is 0 Å². The van der Waals surface area contributed by atoms with E-state index in [4.69, 9.17) is 5.11 Å². The van der Waals surface area contributed by atoms with E-state index in [-0.39, 0.29) is 24.6 Å². The van der Waals surface area contributed by atoms with Gasteiger partial charge < -0.3 is 14.9 Å². The van der Waals surface area contributed by atoms with Crippen molar-refractivity contribution >= 4 is 22.5 Å². The molecular formula is C19H20N6O3. The van der Waals surface area contributed by atoms with Gasteiger partial charge in [-0.1, -0.05) is 0 Å². The molecule has 1 aliphatic heterocycles. The first-order chi connectivity index (χ1) is 13.7. The van der Waals surface area contributed by atoms with E-state index in [1.54, 1.807) is 17.2 Å². The fraction of sp³-hybridized carbons (Fsp3) is 0.316. The highest BCUT2D eigenvalue weighted by atomic mass is 16.3. The van der Waals surface area contributed by atoms with Crippen molar-refractivity contribution in [2.45, 2.75) is 6.54 Å². The number of nitrogens with zero attached hydrogens (tertiary/aromatic N) is 6. The first-order valence-electron chi connectivity index (χ1n) is 9.07. The number of carbonyl (C=O) groups excluding carboxylic acids is 1. The number of aliphatic hydroxyl groups is 1. The molecule has 3 heterocycles. The molecule has 2 aromatic heterocycles. The predicted molar refractivity (Wildman–Crippen MR) is 103 cm³/mol. The molecule has 1 N–H and O–H groups in total. The summed E-state index contributed by atoms with van der Waals surface area (Å²) >= 11 is 0. The summed E-state index contributed by atoms with van der Waals surface area (Å²) in [7, 11) is 0. The van der Waals surface area contributed by atoms with E-state index in [0.29, 0.717) is 42.8 Å². The van der Waals surface area contributed by atoms with Crippen LogP contribution in [-0.4, -0.2) is 68.2 Å². The molecule has 3 aromatic rings. The van der Waals surface area contributed by atoms with Crippen LogP contribution in [0.15, 0.2) is 47.9 Å². The molecule has 0 spiro atoms. The number of anilines is 1. The van der Waals surface area contributed by atoms with Gasteiger partial charge in [0.05, 0.1) is 36.6 Å². The minimum atomic E-state index is -0.162. The van der Waals surface area contributed by atoms with Crippen LogP contribution in [-0.2, 0) is 6.54 Å². The van der Waals surface area contributed by atoms with Crippen molar-refractivity contribution in [2.75, 3.05) is 37.7 Å². The van der Waals surface area contributed by atoms with Gasteiger partial charge in [0, 0.05) is 44.3 Å². The normalized spacial score (nSPS) is 14.5. The Morgan fingerprint density at radius 3 is 2.64 bits per heavy atom. The lowest BCUT2D eigenvalue weighted by molar-refractivity contribution is 0.0740. The third-order valence-corrected chi connectivity index (χ3v) is 4.86. The van der Waals surface area contributed by atoms with E-state index in [1.807, 2.05) is 12.1 Å². The Bertz CT molecular complexity index is 1040. The summed E-state index contributed by atoms with van der Waals surface area (Å²) in [4.78, 5) is 41.2. The molecule has 0 aliphatic carbocycles. The van der Waals surface area contributed by atoms with Crippen LogP contribution in [0.4, 0.5) is 5.69 Å². The molecule has 1 aromatic carbocycles. The summed E-state index contributed by atoms with van der Waals surface area (Å²) in [5, 5.41) is 9.56. The van der Waals surface area contributed by atoms with E-state index in [1.165, 1.54) is 23.3 Å². The Morgan fingerprint density at radius 1 is 1.11 bits per heavy atom. The number of rotatable bonds is 4. The van der Waals surface area contributed by atoms with Crippen molar-refractivity contribution in [1.29, 1.82) is 0 Å². The van der Waals surface area contributed by atoms with Gasteiger partial charge in [-0.2, -0.15) is 0 Å². The number of amides is 1. The average molecular weight is 380 g/mol. The SMILES string of the molecule is O=C(c1cnccn1)N1CCN(c2ccc3c(=O)n(CCO)cnc3c2)CC1. The van der Waals surface area contributed by atoms with E-state index < -0.39 is 0 Å². The number of hydrogen-bond acceptors (Lipinski definition) is 7. The van der Waals surface area contributed by atoms with Gasteiger partial charge in [-0.3, -0.25) is 19.1 Å². The number of aromatic nitrogens is 4. The zero-order valence-electron chi connectivity index (χ0n) is 15.2. The summed E-state index contributed by atoms with van der Waals surface area (Å²) in [6, 6.07) is 5.56. The fourth-order valence-corrected chi connectivity index (χ4v) is 3.35. The number of benzene rings is 1. The van der Waals surface area contributed by atoms with Gasteiger partial charge in [-0.05, 0) is 18.2 Å². The minimum absolute atomic E-state index is 0.108. The molecule has 0 bridgehead atoms. The molecule has 0 saturated carbocycles. The zero-order chi connectivity index (χ0) is 19.5.